The van der Waals surface area contributed by atoms with Crippen molar-refractivity contribution in [2.24, 2.45) is 5.73 Å². The Labute approximate surface area is 101 Å². The zero-order valence-electron chi connectivity index (χ0n) is 10.7. The molecule has 0 bridgehead atoms. The Morgan fingerprint density at radius 2 is 2.18 bits per heavy atom. The van der Waals surface area contributed by atoms with Gasteiger partial charge in [0.15, 0.2) is 0 Å². The summed E-state index contributed by atoms with van der Waals surface area (Å²) in [4.78, 5) is 15.6. The Morgan fingerprint density at radius 3 is 2.65 bits per heavy atom. The molecule has 0 spiro atoms. The highest BCUT2D eigenvalue weighted by molar-refractivity contribution is 5.83. The molecule has 0 aliphatic heterocycles. The lowest BCUT2D eigenvalue weighted by Crippen LogP contribution is -2.27. The maximum absolute atomic E-state index is 11.5. The van der Waals surface area contributed by atoms with Crippen molar-refractivity contribution >= 4 is 11.9 Å². The number of aromatic nitrogens is 1. The number of nitrogens with two attached hydrogens (primary N) is 1. The van der Waals surface area contributed by atoms with Crippen molar-refractivity contribution in [1.82, 2.24) is 4.98 Å². The van der Waals surface area contributed by atoms with Gasteiger partial charge in [0.05, 0.1) is 0 Å². The fourth-order valence-corrected chi connectivity index (χ4v) is 1.27. The molecular formula is C12H19N3O2. The van der Waals surface area contributed by atoms with Crippen molar-refractivity contribution in [3.63, 3.8) is 0 Å². The van der Waals surface area contributed by atoms with Crippen LogP contribution in [0.5, 0.6) is 0 Å². The summed E-state index contributed by atoms with van der Waals surface area (Å²) in [6.45, 7) is 7.78. The van der Waals surface area contributed by atoms with E-state index in [1.54, 1.807) is 12.3 Å². The molecule has 0 atom stereocenters. The van der Waals surface area contributed by atoms with E-state index in [0.29, 0.717) is 12.4 Å². The molecule has 0 aliphatic carbocycles. The third-order valence-corrected chi connectivity index (χ3v) is 2.07. The van der Waals surface area contributed by atoms with Gasteiger partial charge in [-0.2, -0.15) is 0 Å². The minimum absolute atomic E-state index is 0.436. The van der Waals surface area contributed by atoms with Gasteiger partial charge in [-0.3, -0.25) is 5.32 Å². The molecule has 3 N–H and O–H groups in total. The molecule has 1 amide bonds. The van der Waals surface area contributed by atoms with Crippen LogP contribution < -0.4 is 11.1 Å². The van der Waals surface area contributed by atoms with E-state index in [1.807, 2.05) is 27.7 Å². The summed E-state index contributed by atoms with van der Waals surface area (Å²) in [5.74, 6) is 0.467. The van der Waals surface area contributed by atoms with E-state index in [9.17, 15) is 4.79 Å². The lowest BCUT2D eigenvalue weighted by Gasteiger charge is -2.19. The number of hydrogen-bond donors (Lipinski definition) is 2. The van der Waals surface area contributed by atoms with Crippen molar-refractivity contribution in [2.75, 3.05) is 5.32 Å². The molecule has 0 fully saturated rings. The Balaban J connectivity index is 2.69. The maximum atomic E-state index is 11.5. The van der Waals surface area contributed by atoms with Crippen LogP contribution >= 0.6 is 0 Å². The van der Waals surface area contributed by atoms with Crippen LogP contribution in [0.15, 0.2) is 12.3 Å². The molecule has 0 radical (unpaired) electrons. The van der Waals surface area contributed by atoms with E-state index in [4.69, 9.17) is 10.5 Å². The second-order valence-electron chi connectivity index (χ2n) is 4.83. The zero-order chi connectivity index (χ0) is 13.1. The van der Waals surface area contributed by atoms with Gasteiger partial charge in [-0.25, -0.2) is 9.78 Å². The van der Waals surface area contributed by atoms with E-state index in [1.165, 1.54) is 0 Å². The fraction of sp³-hybridized carbons (Fsp3) is 0.500. The molecule has 1 heterocycles. The zero-order valence-corrected chi connectivity index (χ0v) is 10.7. The molecule has 0 aromatic carbocycles. The molecule has 1 aromatic rings. The maximum Gasteiger partial charge on any atom is 0.413 e. The molecule has 1 rings (SSSR count). The summed E-state index contributed by atoms with van der Waals surface area (Å²) in [5, 5.41) is 2.58. The van der Waals surface area contributed by atoms with Crippen LogP contribution in [-0.2, 0) is 11.3 Å². The summed E-state index contributed by atoms with van der Waals surface area (Å²) in [5.41, 5.74) is 6.97. The van der Waals surface area contributed by atoms with Crippen LogP contribution in [0.25, 0.3) is 0 Å². The molecular weight excluding hydrogens is 218 g/mol. The van der Waals surface area contributed by atoms with Crippen LogP contribution in [0.2, 0.25) is 0 Å². The first-order valence-corrected chi connectivity index (χ1v) is 5.47. The largest absolute Gasteiger partial charge is 0.444 e. The second kappa shape index (κ2) is 5.14. The number of pyridine rings is 1. The van der Waals surface area contributed by atoms with Crippen LogP contribution in [0.4, 0.5) is 10.6 Å². The predicted molar refractivity (Wildman–Crippen MR) is 66.7 cm³/mol. The molecule has 5 heteroatoms. The molecule has 5 nitrogen and oxygen atoms in total. The molecule has 0 saturated carbocycles. The number of carbonyl (C=O) groups excluding carboxylic acids is 1. The lowest BCUT2D eigenvalue weighted by molar-refractivity contribution is 0.0635. The third-order valence-electron chi connectivity index (χ3n) is 2.07. The Morgan fingerprint density at radius 1 is 1.53 bits per heavy atom. The van der Waals surface area contributed by atoms with Crippen LogP contribution in [0, 0.1) is 6.92 Å². The smallest absolute Gasteiger partial charge is 0.413 e. The van der Waals surface area contributed by atoms with Crippen molar-refractivity contribution in [3.05, 3.63) is 23.4 Å². The van der Waals surface area contributed by atoms with E-state index >= 15 is 0 Å². The van der Waals surface area contributed by atoms with Crippen LogP contribution in [-0.4, -0.2) is 16.7 Å². The van der Waals surface area contributed by atoms with Crippen LogP contribution in [0.1, 0.15) is 31.9 Å². The van der Waals surface area contributed by atoms with Gasteiger partial charge in [0.25, 0.3) is 0 Å². The summed E-state index contributed by atoms with van der Waals surface area (Å²) < 4.78 is 5.12. The number of anilines is 1. The second-order valence-corrected chi connectivity index (χ2v) is 4.83. The number of amides is 1. The monoisotopic (exact) mass is 237 g/mol. The Hall–Kier alpha value is -1.62. The van der Waals surface area contributed by atoms with Crippen molar-refractivity contribution in [1.29, 1.82) is 0 Å². The molecule has 0 unspecified atom stereocenters. The number of ether oxygens (including phenoxy) is 1. The number of aryl methyl sites for hydroxylation is 1. The minimum Gasteiger partial charge on any atom is -0.444 e. The number of nitrogens with zero attached hydrogens (tertiary/aromatic N) is 1. The first-order valence-electron chi connectivity index (χ1n) is 5.47. The molecule has 17 heavy (non-hydrogen) atoms. The molecule has 0 saturated heterocycles. The molecule has 0 aliphatic rings. The first kappa shape index (κ1) is 13.4. The molecule has 1 aromatic heterocycles. The van der Waals surface area contributed by atoms with Crippen molar-refractivity contribution in [2.45, 2.75) is 39.8 Å². The molecule has 94 valence electrons. The lowest BCUT2D eigenvalue weighted by atomic mass is 10.1. The average molecular weight is 237 g/mol. The first-order chi connectivity index (χ1) is 7.81. The van der Waals surface area contributed by atoms with Gasteiger partial charge in [-0.05, 0) is 44.9 Å². The van der Waals surface area contributed by atoms with E-state index in [-0.39, 0.29) is 0 Å². The quantitative estimate of drug-likeness (QED) is 0.826. The number of carbonyl (C=O) groups is 1. The van der Waals surface area contributed by atoms with E-state index in [2.05, 4.69) is 10.3 Å². The van der Waals surface area contributed by atoms with Gasteiger partial charge in [0.1, 0.15) is 11.4 Å². The summed E-state index contributed by atoms with van der Waals surface area (Å²) in [7, 11) is 0. The van der Waals surface area contributed by atoms with Gasteiger partial charge in [-0.15, -0.1) is 0 Å². The minimum atomic E-state index is -0.518. The van der Waals surface area contributed by atoms with Gasteiger partial charge in [0.2, 0.25) is 0 Å². The highest BCUT2D eigenvalue weighted by atomic mass is 16.6. The number of nitrogens with one attached hydrogen (secondary N) is 1. The van der Waals surface area contributed by atoms with Gasteiger partial charge in [0, 0.05) is 12.7 Å². The third kappa shape index (κ3) is 4.40. The highest BCUT2D eigenvalue weighted by Crippen LogP contribution is 2.13. The summed E-state index contributed by atoms with van der Waals surface area (Å²) in [6.07, 6.45) is 1.15. The van der Waals surface area contributed by atoms with Crippen LogP contribution in [0.3, 0.4) is 0 Å². The SMILES string of the molecule is Cc1cc(NC(=O)OC(C)(C)C)ncc1CN. The van der Waals surface area contributed by atoms with Crippen molar-refractivity contribution < 1.29 is 9.53 Å². The Bertz CT molecular complexity index is 411. The highest BCUT2D eigenvalue weighted by Gasteiger charge is 2.16. The van der Waals surface area contributed by atoms with E-state index < -0.39 is 11.7 Å². The number of rotatable bonds is 2. The van der Waals surface area contributed by atoms with Gasteiger partial charge in [-0.1, -0.05) is 0 Å². The average Bonchev–Trinajstić information content (AvgIpc) is 2.14. The van der Waals surface area contributed by atoms with Gasteiger partial charge < -0.3 is 10.5 Å². The predicted octanol–water partition coefficient (Wildman–Crippen LogP) is 2.20. The standard InChI is InChI=1S/C12H19N3O2/c1-8-5-10(14-7-9(8)6-13)15-11(16)17-12(2,3)4/h5,7H,6,13H2,1-4H3,(H,14,15,16). The van der Waals surface area contributed by atoms with Gasteiger partial charge >= 0.3 is 6.09 Å². The topological polar surface area (TPSA) is 77.2 Å². The Kier molecular flexibility index (Phi) is 4.07. The number of hydrogen-bond acceptors (Lipinski definition) is 4. The normalized spacial score (nSPS) is 11.1. The summed E-state index contributed by atoms with van der Waals surface area (Å²) in [6, 6.07) is 1.77. The van der Waals surface area contributed by atoms with E-state index in [0.717, 1.165) is 11.1 Å². The fourth-order valence-electron chi connectivity index (χ4n) is 1.27. The summed E-state index contributed by atoms with van der Waals surface area (Å²) >= 11 is 0. The van der Waals surface area contributed by atoms with Crippen molar-refractivity contribution in [3.8, 4) is 0 Å².